The Kier molecular flexibility index (Phi) is 2.56. The fraction of sp³-hybridized carbons (Fsp3) is 0. The van der Waals surface area contributed by atoms with Crippen LogP contribution in [0.25, 0.3) is 0 Å². The molecule has 0 aliphatic heterocycles. The zero-order valence-electron chi connectivity index (χ0n) is 7.39. The maximum absolute atomic E-state index is 12.3. The van der Waals surface area contributed by atoms with E-state index < -0.39 is 15.1 Å². The Bertz CT molecular complexity index is 445. The molecule has 0 atom stereocenters. The van der Waals surface area contributed by atoms with Gasteiger partial charge in [0.15, 0.2) is 0 Å². The lowest BCUT2D eigenvalue weighted by molar-refractivity contribution is -0.105. The second kappa shape index (κ2) is 3.10. The number of rotatable bonds is 3. The van der Waals surface area contributed by atoms with Gasteiger partial charge in [0, 0.05) is 4.47 Å². The third-order valence-corrected chi connectivity index (χ3v) is 3.40. The van der Waals surface area contributed by atoms with E-state index in [1.165, 1.54) is 0 Å². The molecule has 0 saturated heterocycles. The van der Waals surface area contributed by atoms with Crippen molar-refractivity contribution in [2.75, 3.05) is 5.32 Å². The van der Waals surface area contributed by atoms with Crippen LogP contribution in [0.1, 0.15) is 0 Å². The van der Waals surface area contributed by atoms with E-state index in [2.05, 4.69) is 21.2 Å². The van der Waals surface area contributed by atoms with Crippen molar-refractivity contribution in [3.63, 3.8) is 0 Å². The second-order valence-electron chi connectivity index (χ2n) is 2.87. The standard InChI is InChI=1S/C7H5BrF5NOS/c8-6-3-5(16(9,10,11,12)13)1-2-7(6)14-4-15/h1-4H,(H,14,15). The molecule has 0 spiro atoms. The van der Waals surface area contributed by atoms with Crippen LogP contribution in [0.15, 0.2) is 27.6 Å². The van der Waals surface area contributed by atoms with Gasteiger partial charge in [-0.25, -0.2) is 0 Å². The van der Waals surface area contributed by atoms with Crippen molar-refractivity contribution < 1.29 is 24.2 Å². The summed E-state index contributed by atoms with van der Waals surface area (Å²) in [6.45, 7) is 0. The third-order valence-electron chi connectivity index (χ3n) is 1.60. The molecule has 9 heteroatoms. The van der Waals surface area contributed by atoms with Gasteiger partial charge in [0.25, 0.3) is 0 Å². The highest BCUT2D eigenvalue weighted by Gasteiger charge is 2.65. The molecule has 0 bridgehead atoms. The minimum atomic E-state index is -9.66. The summed E-state index contributed by atoms with van der Waals surface area (Å²) in [5.74, 6) is 0. The van der Waals surface area contributed by atoms with E-state index in [1.807, 2.05) is 0 Å². The summed E-state index contributed by atoms with van der Waals surface area (Å²) in [4.78, 5) is 8.03. The van der Waals surface area contributed by atoms with Gasteiger partial charge in [-0.05, 0) is 34.1 Å². The smallest absolute Gasteiger partial charge is 0.310 e. The van der Waals surface area contributed by atoms with Gasteiger partial charge in [-0.1, -0.05) is 19.4 Å². The van der Waals surface area contributed by atoms with Crippen LogP contribution in [-0.2, 0) is 4.79 Å². The Morgan fingerprint density at radius 2 is 1.75 bits per heavy atom. The number of anilines is 1. The number of hydrogen-bond donors (Lipinski definition) is 1. The molecule has 1 N–H and O–H groups in total. The molecular weight excluding hydrogens is 321 g/mol. The summed E-state index contributed by atoms with van der Waals surface area (Å²) in [7, 11) is -9.66. The zero-order valence-corrected chi connectivity index (χ0v) is 9.80. The fourth-order valence-electron chi connectivity index (χ4n) is 0.916. The lowest BCUT2D eigenvalue weighted by Gasteiger charge is -2.40. The van der Waals surface area contributed by atoms with Crippen molar-refractivity contribution in [2.24, 2.45) is 0 Å². The largest absolute Gasteiger partial charge is 0.328 e. The average molecular weight is 326 g/mol. The van der Waals surface area contributed by atoms with Crippen molar-refractivity contribution in [1.82, 2.24) is 0 Å². The van der Waals surface area contributed by atoms with Crippen LogP contribution in [0, 0.1) is 0 Å². The molecule has 1 aromatic carbocycles. The Hall–Kier alpha value is -0.830. The number of benzene rings is 1. The van der Waals surface area contributed by atoms with Crippen LogP contribution >= 0.6 is 26.2 Å². The van der Waals surface area contributed by atoms with Crippen LogP contribution in [0.5, 0.6) is 0 Å². The summed E-state index contributed by atoms with van der Waals surface area (Å²) in [5, 5.41) is 2.05. The summed E-state index contributed by atoms with van der Waals surface area (Å²) in [6, 6.07) is 1.19. The van der Waals surface area contributed by atoms with Crippen LogP contribution < -0.4 is 5.32 Å². The first kappa shape index (κ1) is 13.2. The predicted octanol–water partition coefficient (Wildman–Crippen LogP) is 4.67. The van der Waals surface area contributed by atoms with Crippen LogP contribution in [0.3, 0.4) is 0 Å². The molecule has 0 saturated carbocycles. The number of halogens is 6. The quantitative estimate of drug-likeness (QED) is 0.634. The zero-order chi connectivity index (χ0) is 12.7. The van der Waals surface area contributed by atoms with E-state index in [0.717, 1.165) is 6.07 Å². The lowest BCUT2D eigenvalue weighted by atomic mass is 10.3. The SMILES string of the molecule is O=CNc1ccc(S(F)(F)(F)(F)F)cc1Br. The van der Waals surface area contributed by atoms with Crippen molar-refractivity contribution in [2.45, 2.75) is 4.90 Å². The van der Waals surface area contributed by atoms with Gasteiger partial charge >= 0.3 is 10.2 Å². The Morgan fingerprint density at radius 3 is 2.12 bits per heavy atom. The molecule has 0 aliphatic carbocycles. The van der Waals surface area contributed by atoms with E-state index in [-0.39, 0.29) is 28.7 Å². The minimum absolute atomic E-state index is 0.0272. The van der Waals surface area contributed by atoms with Gasteiger partial charge in [-0.2, -0.15) is 0 Å². The molecule has 1 aromatic rings. The highest BCUT2D eigenvalue weighted by molar-refractivity contribution is 9.10. The highest BCUT2D eigenvalue weighted by atomic mass is 79.9. The van der Waals surface area contributed by atoms with E-state index in [4.69, 9.17) is 0 Å². The van der Waals surface area contributed by atoms with Crippen LogP contribution in [0.4, 0.5) is 25.1 Å². The van der Waals surface area contributed by atoms with Gasteiger partial charge in [0.1, 0.15) is 4.90 Å². The first-order valence-electron chi connectivity index (χ1n) is 3.68. The summed E-state index contributed by atoms with van der Waals surface area (Å²) >= 11 is 2.65. The van der Waals surface area contributed by atoms with Gasteiger partial charge in [0.2, 0.25) is 6.41 Å². The van der Waals surface area contributed by atoms with Crippen molar-refractivity contribution >= 4 is 38.3 Å². The van der Waals surface area contributed by atoms with E-state index in [1.54, 1.807) is 0 Å². The Morgan fingerprint density at radius 1 is 1.19 bits per heavy atom. The summed E-state index contributed by atoms with van der Waals surface area (Å²) in [5.41, 5.74) is -0.0272. The van der Waals surface area contributed by atoms with Crippen molar-refractivity contribution in [1.29, 1.82) is 0 Å². The number of hydrogen-bond acceptors (Lipinski definition) is 1. The van der Waals surface area contributed by atoms with Crippen molar-refractivity contribution in [3.8, 4) is 0 Å². The molecule has 0 aromatic heterocycles. The lowest BCUT2D eigenvalue weighted by Crippen LogP contribution is -2.06. The predicted molar refractivity (Wildman–Crippen MR) is 55.2 cm³/mol. The van der Waals surface area contributed by atoms with Crippen LogP contribution in [0.2, 0.25) is 0 Å². The summed E-state index contributed by atoms with van der Waals surface area (Å²) < 4.78 is 61.4. The molecule has 0 fully saturated rings. The van der Waals surface area contributed by atoms with Gasteiger partial charge in [0.05, 0.1) is 5.69 Å². The fourth-order valence-corrected chi connectivity index (χ4v) is 2.23. The molecule has 0 radical (unpaired) electrons. The molecule has 0 aliphatic rings. The topological polar surface area (TPSA) is 29.1 Å². The molecule has 16 heavy (non-hydrogen) atoms. The molecule has 2 nitrogen and oxygen atoms in total. The van der Waals surface area contributed by atoms with E-state index in [0.29, 0.717) is 0 Å². The maximum atomic E-state index is 12.3. The molecule has 0 unspecified atom stereocenters. The molecule has 92 valence electrons. The van der Waals surface area contributed by atoms with Crippen molar-refractivity contribution in [3.05, 3.63) is 22.7 Å². The van der Waals surface area contributed by atoms with Gasteiger partial charge in [-0.15, -0.1) is 0 Å². The third kappa shape index (κ3) is 3.08. The average Bonchev–Trinajstić information content (AvgIpc) is 2.04. The first-order chi connectivity index (χ1) is 6.94. The second-order valence-corrected chi connectivity index (χ2v) is 6.14. The monoisotopic (exact) mass is 325 g/mol. The Balaban J connectivity index is 3.33. The minimum Gasteiger partial charge on any atom is -0.328 e. The number of carbonyl (C=O) groups is 1. The summed E-state index contributed by atoms with van der Waals surface area (Å²) in [6.07, 6.45) is 0.222. The Labute approximate surface area is 95.7 Å². The molecular formula is C7H5BrF5NOS. The number of nitrogens with one attached hydrogen (secondary N) is 1. The van der Waals surface area contributed by atoms with E-state index in [9.17, 15) is 24.2 Å². The number of carbonyl (C=O) groups excluding carboxylic acids is 1. The molecule has 1 amide bonds. The van der Waals surface area contributed by atoms with Gasteiger partial charge < -0.3 is 5.32 Å². The highest BCUT2D eigenvalue weighted by Crippen LogP contribution is 3.02. The van der Waals surface area contributed by atoms with Gasteiger partial charge in [-0.3, -0.25) is 4.79 Å². The molecule has 0 heterocycles. The molecule has 1 rings (SSSR count). The maximum Gasteiger partial charge on any atom is 0.310 e. The first-order valence-corrected chi connectivity index (χ1v) is 6.42. The van der Waals surface area contributed by atoms with Crippen LogP contribution in [-0.4, -0.2) is 6.41 Å². The van der Waals surface area contributed by atoms with E-state index >= 15 is 0 Å². The normalized spacial score (nSPS) is 16.1. The number of amides is 1.